The van der Waals surface area contributed by atoms with Gasteiger partial charge in [-0.05, 0) is 17.5 Å². The summed E-state index contributed by atoms with van der Waals surface area (Å²) in [6, 6.07) is 9.15. The Kier molecular flexibility index (Phi) is 1.96. The van der Waals surface area contributed by atoms with Gasteiger partial charge in [-0.15, -0.1) is 0 Å². The quantitative estimate of drug-likeness (QED) is 0.668. The van der Waals surface area contributed by atoms with Crippen molar-refractivity contribution in [1.29, 1.82) is 0 Å². The molecule has 1 unspecified atom stereocenters. The van der Waals surface area contributed by atoms with Crippen LogP contribution in [0.3, 0.4) is 0 Å². The van der Waals surface area contributed by atoms with Crippen molar-refractivity contribution in [2.75, 3.05) is 6.54 Å². The fourth-order valence-corrected chi connectivity index (χ4v) is 1.41. The predicted molar refractivity (Wildman–Crippen MR) is 52.0 cm³/mol. The van der Waals surface area contributed by atoms with Crippen molar-refractivity contribution in [3.8, 4) is 0 Å². The minimum Gasteiger partial charge on any atom is -0.311 e. The summed E-state index contributed by atoms with van der Waals surface area (Å²) in [5.41, 5.74) is 2.67. The number of benzene rings is 1. The van der Waals surface area contributed by atoms with E-state index < -0.39 is 0 Å². The Bertz CT molecular complexity index is 287. The molecule has 0 aliphatic carbocycles. The Morgan fingerprint density at radius 2 is 2.25 bits per heavy atom. The van der Waals surface area contributed by atoms with Gasteiger partial charge in [-0.2, -0.15) is 0 Å². The lowest BCUT2D eigenvalue weighted by molar-refractivity contribution is 0.928. The average molecular weight is 159 g/mol. The van der Waals surface area contributed by atoms with Crippen LogP contribution in [0.5, 0.6) is 0 Å². The van der Waals surface area contributed by atoms with Crippen molar-refractivity contribution in [3.63, 3.8) is 0 Å². The normalized spacial score (nSPS) is 20.5. The third kappa shape index (κ3) is 1.56. The monoisotopic (exact) mass is 159 g/mol. The van der Waals surface area contributed by atoms with Gasteiger partial charge in [0.15, 0.2) is 0 Å². The summed E-state index contributed by atoms with van der Waals surface area (Å²) in [7, 11) is 0. The Morgan fingerprint density at radius 1 is 1.50 bits per heavy atom. The van der Waals surface area contributed by atoms with E-state index in [1.165, 1.54) is 17.7 Å². The lowest BCUT2D eigenvalue weighted by Gasteiger charge is -2.02. The second kappa shape index (κ2) is 3.11. The first-order chi connectivity index (χ1) is 5.90. The fraction of sp³-hybridized carbons (Fsp3) is 0.273. The predicted octanol–water partition coefficient (Wildman–Crippen LogP) is 1.84. The van der Waals surface area contributed by atoms with Gasteiger partial charge in [0.05, 0.1) is 0 Å². The second-order valence-electron chi connectivity index (χ2n) is 3.21. The van der Waals surface area contributed by atoms with Crippen LogP contribution in [0.1, 0.15) is 11.1 Å². The van der Waals surface area contributed by atoms with Gasteiger partial charge in [0.25, 0.3) is 0 Å². The van der Waals surface area contributed by atoms with Crippen molar-refractivity contribution >= 4 is 6.08 Å². The lowest BCUT2D eigenvalue weighted by Crippen LogP contribution is -1.98. The molecular weight excluding hydrogens is 146 g/mol. The van der Waals surface area contributed by atoms with Crippen molar-refractivity contribution < 1.29 is 0 Å². The molecule has 1 aliphatic heterocycles. The molecule has 1 saturated heterocycles. The van der Waals surface area contributed by atoms with Crippen LogP contribution >= 0.6 is 0 Å². The Balaban J connectivity index is 2.20. The van der Waals surface area contributed by atoms with Gasteiger partial charge < -0.3 is 5.32 Å². The number of hydrogen-bond donors (Lipinski definition) is 1. The third-order valence-corrected chi connectivity index (χ3v) is 2.23. The van der Waals surface area contributed by atoms with Gasteiger partial charge in [0.1, 0.15) is 0 Å². The van der Waals surface area contributed by atoms with E-state index in [1.54, 1.807) is 0 Å². The van der Waals surface area contributed by atoms with Crippen LogP contribution in [-0.2, 0) is 6.42 Å². The molecule has 1 fully saturated rings. The molecule has 1 atom stereocenters. The highest BCUT2D eigenvalue weighted by Gasteiger charge is 2.20. The van der Waals surface area contributed by atoms with Crippen LogP contribution < -0.4 is 5.32 Å². The van der Waals surface area contributed by atoms with Crippen molar-refractivity contribution in [2.24, 2.45) is 0 Å². The van der Waals surface area contributed by atoms with Gasteiger partial charge in [-0.3, -0.25) is 0 Å². The van der Waals surface area contributed by atoms with Crippen LogP contribution in [0.25, 0.3) is 6.08 Å². The first-order valence-electron chi connectivity index (χ1n) is 4.34. The van der Waals surface area contributed by atoms with E-state index in [9.17, 15) is 0 Å². The Morgan fingerprint density at radius 3 is 2.92 bits per heavy atom. The summed E-state index contributed by atoms with van der Waals surface area (Å²) in [5, 5.41) is 3.30. The van der Waals surface area contributed by atoms with E-state index in [-0.39, 0.29) is 0 Å². The molecule has 1 aromatic rings. The number of rotatable bonds is 3. The maximum Gasteiger partial charge on any atom is 0.0233 e. The molecule has 0 saturated carbocycles. The lowest BCUT2D eigenvalue weighted by atomic mass is 10.0. The topological polar surface area (TPSA) is 21.9 Å². The second-order valence-corrected chi connectivity index (χ2v) is 3.21. The van der Waals surface area contributed by atoms with Crippen LogP contribution in [0.15, 0.2) is 30.8 Å². The van der Waals surface area contributed by atoms with E-state index in [4.69, 9.17) is 0 Å². The van der Waals surface area contributed by atoms with E-state index in [2.05, 4.69) is 36.2 Å². The van der Waals surface area contributed by atoms with Crippen LogP contribution in [-0.4, -0.2) is 12.6 Å². The van der Waals surface area contributed by atoms with Gasteiger partial charge in [-0.1, -0.05) is 36.9 Å². The zero-order chi connectivity index (χ0) is 8.39. The van der Waals surface area contributed by atoms with E-state index in [0.717, 1.165) is 6.42 Å². The van der Waals surface area contributed by atoms with Crippen LogP contribution in [0.4, 0.5) is 0 Å². The number of hydrogen-bond acceptors (Lipinski definition) is 1. The third-order valence-electron chi connectivity index (χ3n) is 2.23. The molecule has 1 heteroatoms. The SMILES string of the molecule is C=Cc1ccccc1CC1CN1. The highest BCUT2D eigenvalue weighted by Crippen LogP contribution is 2.14. The molecule has 62 valence electrons. The standard InChI is InChI=1S/C11H13N/c1-2-9-5-3-4-6-10(9)7-11-8-12-11/h2-6,11-12H,1,7-8H2. The maximum atomic E-state index is 3.80. The average Bonchev–Trinajstić information content (AvgIpc) is 2.89. The molecular formula is C11H13N. The molecule has 0 amide bonds. The van der Waals surface area contributed by atoms with Crippen LogP contribution in [0, 0.1) is 0 Å². The van der Waals surface area contributed by atoms with Gasteiger partial charge in [0.2, 0.25) is 0 Å². The summed E-state index contributed by atoms with van der Waals surface area (Å²) in [5.74, 6) is 0. The summed E-state index contributed by atoms with van der Waals surface area (Å²) in [6.45, 7) is 4.97. The largest absolute Gasteiger partial charge is 0.311 e. The van der Waals surface area contributed by atoms with E-state index in [1.807, 2.05) is 6.08 Å². The summed E-state index contributed by atoms with van der Waals surface area (Å²) in [6.07, 6.45) is 3.07. The van der Waals surface area contributed by atoms with Crippen LogP contribution in [0.2, 0.25) is 0 Å². The first kappa shape index (κ1) is 7.56. The smallest absolute Gasteiger partial charge is 0.0233 e. The Labute approximate surface area is 73.1 Å². The molecule has 1 heterocycles. The molecule has 0 radical (unpaired) electrons. The molecule has 1 nitrogen and oxygen atoms in total. The van der Waals surface area contributed by atoms with Crippen molar-refractivity contribution in [2.45, 2.75) is 12.5 Å². The fourth-order valence-electron chi connectivity index (χ4n) is 1.41. The highest BCUT2D eigenvalue weighted by molar-refractivity contribution is 5.52. The maximum absolute atomic E-state index is 3.80. The summed E-state index contributed by atoms with van der Waals surface area (Å²) in [4.78, 5) is 0. The molecule has 12 heavy (non-hydrogen) atoms. The zero-order valence-electron chi connectivity index (χ0n) is 7.09. The molecule has 0 spiro atoms. The molecule has 1 aromatic carbocycles. The Hall–Kier alpha value is -1.08. The van der Waals surface area contributed by atoms with Gasteiger partial charge in [0, 0.05) is 12.6 Å². The van der Waals surface area contributed by atoms with Gasteiger partial charge >= 0.3 is 0 Å². The van der Waals surface area contributed by atoms with Gasteiger partial charge in [-0.25, -0.2) is 0 Å². The minimum atomic E-state index is 0.714. The molecule has 1 N–H and O–H groups in total. The summed E-state index contributed by atoms with van der Waals surface area (Å²) < 4.78 is 0. The highest BCUT2D eigenvalue weighted by atomic mass is 15.1. The zero-order valence-corrected chi connectivity index (χ0v) is 7.09. The number of nitrogens with one attached hydrogen (secondary N) is 1. The first-order valence-corrected chi connectivity index (χ1v) is 4.34. The molecule has 1 aliphatic rings. The molecule has 2 rings (SSSR count). The molecule has 0 aromatic heterocycles. The van der Waals surface area contributed by atoms with Crippen molar-refractivity contribution in [1.82, 2.24) is 5.32 Å². The molecule has 0 bridgehead atoms. The van der Waals surface area contributed by atoms with Crippen molar-refractivity contribution in [3.05, 3.63) is 42.0 Å². The minimum absolute atomic E-state index is 0.714. The summed E-state index contributed by atoms with van der Waals surface area (Å²) >= 11 is 0. The van der Waals surface area contributed by atoms with E-state index in [0.29, 0.717) is 6.04 Å². The van der Waals surface area contributed by atoms with E-state index >= 15 is 0 Å².